The predicted octanol–water partition coefficient (Wildman–Crippen LogP) is 3.07. The predicted molar refractivity (Wildman–Crippen MR) is 86.1 cm³/mol. The van der Waals surface area contributed by atoms with E-state index in [1.165, 1.54) is 0 Å². The van der Waals surface area contributed by atoms with Gasteiger partial charge < -0.3 is 10.8 Å². The lowest BCUT2D eigenvalue weighted by molar-refractivity contribution is 0.0715. The molecule has 3 rings (SSSR count). The van der Waals surface area contributed by atoms with Crippen molar-refractivity contribution in [2.75, 3.05) is 5.73 Å². The minimum Gasteiger partial charge on any atom is -0.390 e. The van der Waals surface area contributed by atoms with Gasteiger partial charge in [-0.05, 0) is 44.4 Å². The van der Waals surface area contributed by atoms with Crippen molar-refractivity contribution in [1.82, 2.24) is 9.97 Å². The Kier molecular flexibility index (Phi) is 3.26. The van der Waals surface area contributed by atoms with Crippen LogP contribution in [0.4, 0.5) is 5.82 Å². The molecular weight excluding hydrogens is 262 g/mol. The summed E-state index contributed by atoms with van der Waals surface area (Å²) in [7, 11) is 0. The third-order valence-electron chi connectivity index (χ3n) is 3.70. The summed E-state index contributed by atoms with van der Waals surface area (Å²) >= 11 is 0. The smallest absolute Gasteiger partial charge is 0.150 e. The highest BCUT2D eigenvalue weighted by molar-refractivity contribution is 6.09. The normalized spacial score (nSPS) is 12.1. The Hall–Kier alpha value is -2.20. The monoisotopic (exact) mass is 281 g/mol. The summed E-state index contributed by atoms with van der Waals surface area (Å²) in [6.45, 7) is 3.65. The van der Waals surface area contributed by atoms with Gasteiger partial charge in [-0.15, -0.1) is 0 Å². The van der Waals surface area contributed by atoms with Crippen LogP contribution >= 0.6 is 0 Å². The van der Waals surface area contributed by atoms with Crippen LogP contribution in [0.5, 0.6) is 0 Å². The molecule has 0 aliphatic heterocycles. The van der Waals surface area contributed by atoms with Gasteiger partial charge >= 0.3 is 0 Å². The number of anilines is 1. The number of hydrogen-bond acceptors (Lipinski definition) is 4. The Labute approximate surface area is 123 Å². The van der Waals surface area contributed by atoms with Gasteiger partial charge in [-0.3, -0.25) is 4.98 Å². The molecule has 0 bridgehead atoms. The van der Waals surface area contributed by atoms with Crippen molar-refractivity contribution >= 4 is 27.6 Å². The van der Waals surface area contributed by atoms with Gasteiger partial charge in [0.25, 0.3) is 0 Å². The number of nitrogen functional groups attached to an aromatic ring is 1. The topological polar surface area (TPSA) is 72.0 Å². The van der Waals surface area contributed by atoms with E-state index in [1.54, 1.807) is 6.20 Å². The zero-order valence-corrected chi connectivity index (χ0v) is 12.3. The van der Waals surface area contributed by atoms with E-state index in [2.05, 4.69) is 9.97 Å². The third kappa shape index (κ3) is 2.67. The van der Waals surface area contributed by atoms with E-state index in [4.69, 9.17) is 5.73 Å². The maximum Gasteiger partial charge on any atom is 0.150 e. The summed E-state index contributed by atoms with van der Waals surface area (Å²) in [6, 6.07) is 9.94. The van der Waals surface area contributed by atoms with Crippen molar-refractivity contribution in [2.24, 2.45) is 0 Å². The van der Waals surface area contributed by atoms with Crippen molar-refractivity contribution in [2.45, 2.75) is 32.3 Å². The Morgan fingerprint density at radius 2 is 1.95 bits per heavy atom. The SMILES string of the molecule is CC(C)(O)CCc1ccnc2c(N)nc3ccccc3c12. The number of rotatable bonds is 3. The zero-order valence-electron chi connectivity index (χ0n) is 12.3. The van der Waals surface area contributed by atoms with Gasteiger partial charge in [-0.25, -0.2) is 4.98 Å². The van der Waals surface area contributed by atoms with Crippen LogP contribution in [0.25, 0.3) is 21.8 Å². The Balaban J connectivity index is 2.25. The van der Waals surface area contributed by atoms with Crippen molar-refractivity contribution in [3.8, 4) is 0 Å². The number of para-hydroxylation sites is 1. The van der Waals surface area contributed by atoms with Crippen molar-refractivity contribution in [3.63, 3.8) is 0 Å². The first kappa shape index (κ1) is 13.8. The van der Waals surface area contributed by atoms with Gasteiger partial charge in [0.05, 0.1) is 11.1 Å². The van der Waals surface area contributed by atoms with Crippen LogP contribution in [0.2, 0.25) is 0 Å². The molecule has 0 fully saturated rings. The second kappa shape index (κ2) is 4.97. The van der Waals surface area contributed by atoms with Crippen molar-refractivity contribution < 1.29 is 5.11 Å². The van der Waals surface area contributed by atoms with Crippen LogP contribution in [-0.2, 0) is 6.42 Å². The summed E-state index contributed by atoms with van der Waals surface area (Å²) in [5, 5.41) is 12.1. The number of hydrogen-bond donors (Lipinski definition) is 2. The minimum atomic E-state index is -0.691. The number of nitrogens with zero attached hydrogens (tertiary/aromatic N) is 2. The average Bonchev–Trinajstić information content (AvgIpc) is 2.44. The fourth-order valence-corrected chi connectivity index (χ4v) is 2.61. The molecular formula is C17H19N3O. The molecule has 1 aromatic carbocycles. The molecule has 3 aromatic rings. The molecule has 4 nitrogen and oxygen atoms in total. The number of nitrogens with two attached hydrogens (primary N) is 1. The molecule has 0 radical (unpaired) electrons. The van der Waals surface area contributed by atoms with Crippen molar-refractivity contribution in [1.29, 1.82) is 0 Å². The first-order valence-electron chi connectivity index (χ1n) is 7.10. The van der Waals surface area contributed by atoms with Gasteiger partial charge in [-0.2, -0.15) is 0 Å². The fraction of sp³-hybridized carbons (Fsp3) is 0.294. The summed E-state index contributed by atoms with van der Waals surface area (Å²) in [5.74, 6) is 0.453. The minimum absolute atomic E-state index is 0.453. The summed E-state index contributed by atoms with van der Waals surface area (Å²) in [6.07, 6.45) is 3.22. The summed E-state index contributed by atoms with van der Waals surface area (Å²) in [4.78, 5) is 8.81. The largest absolute Gasteiger partial charge is 0.390 e. The van der Waals surface area contributed by atoms with Gasteiger partial charge in [0.1, 0.15) is 5.52 Å². The van der Waals surface area contributed by atoms with Crippen LogP contribution in [0.15, 0.2) is 36.5 Å². The van der Waals surface area contributed by atoms with Gasteiger partial charge in [-0.1, -0.05) is 18.2 Å². The molecule has 0 amide bonds. The molecule has 2 aromatic heterocycles. The lowest BCUT2D eigenvalue weighted by Gasteiger charge is -2.18. The number of pyridine rings is 2. The van der Waals surface area contributed by atoms with Gasteiger partial charge in [0.15, 0.2) is 5.82 Å². The lowest BCUT2D eigenvalue weighted by Crippen LogP contribution is -2.19. The van der Waals surface area contributed by atoms with E-state index < -0.39 is 5.60 Å². The van der Waals surface area contributed by atoms with Crippen LogP contribution in [0.3, 0.4) is 0 Å². The fourth-order valence-electron chi connectivity index (χ4n) is 2.61. The average molecular weight is 281 g/mol. The standard InChI is InChI=1S/C17H19N3O/c1-17(2,21)9-7-11-8-10-19-15-14(11)12-5-3-4-6-13(12)20-16(15)18/h3-6,8,10,21H,7,9H2,1-2H3,(H2,18,20). The van der Waals surface area contributed by atoms with E-state index >= 15 is 0 Å². The third-order valence-corrected chi connectivity index (χ3v) is 3.70. The Bertz CT molecular complexity index is 806. The van der Waals surface area contributed by atoms with Crippen LogP contribution in [0.1, 0.15) is 25.8 Å². The molecule has 4 heteroatoms. The molecule has 0 saturated heterocycles. The van der Waals surface area contributed by atoms with Crippen molar-refractivity contribution in [3.05, 3.63) is 42.1 Å². The maximum absolute atomic E-state index is 9.97. The highest BCUT2D eigenvalue weighted by Crippen LogP contribution is 2.30. The van der Waals surface area contributed by atoms with E-state index in [1.807, 2.05) is 44.2 Å². The maximum atomic E-state index is 9.97. The number of aliphatic hydroxyl groups is 1. The number of fused-ring (bicyclic) bond motifs is 3. The first-order chi connectivity index (χ1) is 9.96. The number of benzene rings is 1. The molecule has 0 aliphatic rings. The van der Waals surface area contributed by atoms with Crippen LogP contribution in [-0.4, -0.2) is 20.7 Å². The highest BCUT2D eigenvalue weighted by atomic mass is 16.3. The molecule has 0 unspecified atom stereocenters. The molecule has 0 saturated carbocycles. The molecule has 108 valence electrons. The molecule has 21 heavy (non-hydrogen) atoms. The molecule has 3 N–H and O–H groups in total. The summed E-state index contributed by atoms with van der Waals surface area (Å²) < 4.78 is 0. The van der Waals surface area contributed by atoms with E-state index in [9.17, 15) is 5.11 Å². The van der Waals surface area contributed by atoms with Crippen LogP contribution in [0, 0.1) is 0 Å². The summed E-state index contributed by atoms with van der Waals surface area (Å²) in [5.41, 5.74) is 8.12. The van der Waals surface area contributed by atoms with Crippen LogP contribution < -0.4 is 5.73 Å². The number of aromatic nitrogens is 2. The number of aryl methyl sites for hydroxylation is 1. The Morgan fingerprint density at radius 1 is 1.19 bits per heavy atom. The molecule has 2 heterocycles. The molecule has 0 atom stereocenters. The highest BCUT2D eigenvalue weighted by Gasteiger charge is 2.15. The first-order valence-corrected chi connectivity index (χ1v) is 7.10. The van der Waals surface area contributed by atoms with Gasteiger partial charge in [0, 0.05) is 17.0 Å². The quantitative estimate of drug-likeness (QED) is 0.724. The molecule has 0 spiro atoms. The second-order valence-electron chi connectivity index (χ2n) is 6.02. The van der Waals surface area contributed by atoms with Gasteiger partial charge in [0.2, 0.25) is 0 Å². The Morgan fingerprint density at radius 3 is 2.71 bits per heavy atom. The van der Waals surface area contributed by atoms with E-state index in [-0.39, 0.29) is 0 Å². The van der Waals surface area contributed by atoms with E-state index in [0.717, 1.165) is 33.8 Å². The zero-order chi connectivity index (χ0) is 15.0. The molecule has 0 aliphatic carbocycles. The lowest BCUT2D eigenvalue weighted by atomic mass is 9.95. The second-order valence-corrected chi connectivity index (χ2v) is 6.02. The van der Waals surface area contributed by atoms with E-state index in [0.29, 0.717) is 12.2 Å².